The highest BCUT2D eigenvalue weighted by Crippen LogP contribution is 2.33. The normalized spacial score (nSPS) is 17.9. The van der Waals surface area contributed by atoms with Crippen LogP contribution in [0.1, 0.15) is 18.4 Å². The van der Waals surface area contributed by atoms with Crippen LogP contribution in [0.25, 0.3) is 11.1 Å². The van der Waals surface area contributed by atoms with E-state index >= 15 is 0 Å². The Bertz CT molecular complexity index is 591. The van der Waals surface area contributed by atoms with Crippen molar-refractivity contribution < 1.29 is 9.50 Å². The number of aliphatic hydroxyl groups is 1. The molecule has 0 unspecified atom stereocenters. The van der Waals surface area contributed by atoms with Crippen molar-refractivity contribution in [2.24, 2.45) is 0 Å². The molecule has 2 aromatic carbocycles. The molecule has 3 heteroatoms. The third-order valence-electron chi connectivity index (χ3n) is 4.02. The van der Waals surface area contributed by atoms with Gasteiger partial charge in [-0.05, 0) is 43.1 Å². The van der Waals surface area contributed by atoms with Gasteiger partial charge in [0.2, 0.25) is 0 Å². The fourth-order valence-corrected chi connectivity index (χ4v) is 2.79. The number of hydrogen-bond donors (Lipinski definition) is 2. The first kappa shape index (κ1) is 13.3. The Morgan fingerprint density at radius 3 is 2.35 bits per heavy atom. The molecule has 0 spiro atoms. The van der Waals surface area contributed by atoms with E-state index in [0.29, 0.717) is 24.0 Å². The highest BCUT2D eigenvalue weighted by molar-refractivity contribution is 5.64. The van der Waals surface area contributed by atoms with Crippen molar-refractivity contribution in [3.63, 3.8) is 0 Å². The Morgan fingerprint density at radius 2 is 1.70 bits per heavy atom. The average Bonchev–Trinajstić information content (AvgIpc) is 2.49. The summed E-state index contributed by atoms with van der Waals surface area (Å²) >= 11 is 0. The van der Waals surface area contributed by atoms with Crippen molar-refractivity contribution in [3.8, 4) is 11.1 Å². The third kappa shape index (κ3) is 2.47. The highest BCUT2D eigenvalue weighted by atomic mass is 19.1. The van der Waals surface area contributed by atoms with E-state index in [-0.39, 0.29) is 5.82 Å². The minimum atomic E-state index is -0.901. The van der Waals surface area contributed by atoms with Crippen LogP contribution in [0.2, 0.25) is 0 Å². The predicted octanol–water partition coefficient (Wildman–Crippen LogP) is 3.06. The molecule has 2 N–H and O–H groups in total. The summed E-state index contributed by atoms with van der Waals surface area (Å²) in [5.41, 5.74) is 1.21. The monoisotopic (exact) mass is 271 g/mol. The Kier molecular flexibility index (Phi) is 3.55. The predicted molar refractivity (Wildman–Crippen MR) is 77.8 cm³/mol. The van der Waals surface area contributed by atoms with Gasteiger partial charge >= 0.3 is 0 Å². The summed E-state index contributed by atoms with van der Waals surface area (Å²) in [6.45, 7) is 1.52. The molecule has 2 nitrogen and oxygen atoms in total. The van der Waals surface area contributed by atoms with Crippen molar-refractivity contribution >= 4 is 0 Å². The van der Waals surface area contributed by atoms with Crippen LogP contribution in [0.4, 0.5) is 4.39 Å². The summed E-state index contributed by atoms with van der Waals surface area (Å²) < 4.78 is 14.3. The maximum absolute atomic E-state index is 14.3. The number of piperidine rings is 1. The molecule has 0 aromatic heterocycles. The van der Waals surface area contributed by atoms with Crippen LogP contribution in [0, 0.1) is 5.82 Å². The lowest BCUT2D eigenvalue weighted by molar-refractivity contribution is 0.00569. The fraction of sp³-hybridized carbons (Fsp3) is 0.294. The first-order chi connectivity index (χ1) is 9.69. The second-order valence-corrected chi connectivity index (χ2v) is 5.34. The van der Waals surface area contributed by atoms with Gasteiger partial charge in [-0.1, -0.05) is 42.5 Å². The molecule has 1 aliphatic heterocycles. The van der Waals surface area contributed by atoms with E-state index in [0.717, 1.165) is 18.7 Å². The van der Waals surface area contributed by atoms with Gasteiger partial charge in [-0.2, -0.15) is 0 Å². The zero-order chi connectivity index (χ0) is 14.0. The summed E-state index contributed by atoms with van der Waals surface area (Å²) in [4.78, 5) is 0. The second-order valence-electron chi connectivity index (χ2n) is 5.34. The van der Waals surface area contributed by atoms with Gasteiger partial charge < -0.3 is 10.4 Å². The van der Waals surface area contributed by atoms with E-state index in [4.69, 9.17) is 0 Å². The molecule has 2 aromatic rings. The van der Waals surface area contributed by atoms with Crippen LogP contribution >= 0.6 is 0 Å². The standard InChI is InChI=1S/C17H18FNO/c18-16-12-14(17(20)8-10-19-11-9-17)6-7-15(16)13-4-2-1-3-5-13/h1-7,12,19-20H,8-11H2. The third-order valence-corrected chi connectivity index (χ3v) is 4.02. The van der Waals surface area contributed by atoms with Crippen LogP contribution in [0.15, 0.2) is 48.5 Å². The molecule has 104 valence electrons. The molecular formula is C17H18FNO. The lowest BCUT2D eigenvalue weighted by Crippen LogP contribution is -2.39. The number of nitrogens with one attached hydrogen (secondary N) is 1. The first-order valence-corrected chi connectivity index (χ1v) is 6.98. The van der Waals surface area contributed by atoms with Crippen LogP contribution in [0.5, 0.6) is 0 Å². The number of halogens is 1. The zero-order valence-electron chi connectivity index (χ0n) is 11.3. The van der Waals surface area contributed by atoms with Gasteiger partial charge in [0.05, 0.1) is 5.60 Å². The van der Waals surface area contributed by atoms with Gasteiger partial charge in [0.25, 0.3) is 0 Å². The molecule has 1 saturated heterocycles. The molecule has 0 saturated carbocycles. The lowest BCUT2D eigenvalue weighted by atomic mass is 9.84. The fourth-order valence-electron chi connectivity index (χ4n) is 2.79. The van der Waals surface area contributed by atoms with E-state index < -0.39 is 5.60 Å². The van der Waals surface area contributed by atoms with Crippen molar-refractivity contribution in [1.82, 2.24) is 5.32 Å². The van der Waals surface area contributed by atoms with Crippen LogP contribution in [-0.4, -0.2) is 18.2 Å². The smallest absolute Gasteiger partial charge is 0.131 e. The summed E-state index contributed by atoms with van der Waals surface area (Å²) in [5, 5.41) is 13.8. The quantitative estimate of drug-likeness (QED) is 0.880. The second kappa shape index (κ2) is 5.35. The van der Waals surface area contributed by atoms with Gasteiger partial charge in [-0.25, -0.2) is 4.39 Å². The van der Waals surface area contributed by atoms with Crippen molar-refractivity contribution in [2.45, 2.75) is 18.4 Å². The van der Waals surface area contributed by atoms with E-state index in [1.54, 1.807) is 6.07 Å². The molecule has 0 bridgehead atoms. The Labute approximate surface area is 118 Å². The van der Waals surface area contributed by atoms with E-state index in [2.05, 4.69) is 5.32 Å². The first-order valence-electron chi connectivity index (χ1n) is 6.98. The topological polar surface area (TPSA) is 32.3 Å². The summed E-state index contributed by atoms with van der Waals surface area (Å²) in [7, 11) is 0. The van der Waals surface area contributed by atoms with Gasteiger partial charge in [-0.15, -0.1) is 0 Å². The highest BCUT2D eigenvalue weighted by Gasteiger charge is 2.31. The minimum absolute atomic E-state index is 0.277. The molecule has 20 heavy (non-hydrogen) atoms. The largest absolute Gasteiger partial charge is 0.385 e. The van der Waals surface area contributed by atoms with E-state index in [1.165, 1.54) is 6.07 Å². The van der Waals surface area contributed by atoms with E-state index in [9.17, 15) is 9.50 Å². The molecule has 1 aliphatic rings. The zero-order valence-corrected chi connectivity index (χ0v) is 11.3. The summed E-state index contributed by atoms with van der Waals surface area (Å²) in [5.74, 6) is -0.277. The Balaban J connectivity index is 1.95. The van der Waals surface area contributed by atoms with Gasteiger partial charge in [0, 0.05) is 5.56 Å². The number of hydrogen-bond acceptors (Lipinski definition) is 2. The van der Waals surface area contributed by atoms with Gasteiger partial charge in [-0.3, -0.25) is 0 Å². The molecule has 1 heterocycles. The minimum Gasteiger partial charge on any atom is -0.385 e. The number of rotatable bonds is 2. The van der Waals surface area contributed by atoms with Gasteiger partial charge in [0.1, 0.15) is 5.82 Å². The maximum Gasteiger partial charge on any atom is 0.131 e. The maximum atomic E-state index is 14.3. The van der Waals surface area contributed by atoms with E-state index in [1.807, 2.05) is 36.4 Å². The molecule has 0 amide bonds. The van der Waals surface area contributed by atoms with Gasteiger partial charge in [0.15, 0.2) is 0 Å². The molecule has 0 aliphatic carbocycles. The van der Waals surface area contributed by atoms with Crippen LogP contribution in [-0.2, 0) is 5.60 Å². The van der Waals surface area contributed by atoms with Crippen molar-refractivity contribution in [3.05, 3.63) is 59.9 Å². The lowest BCUT2D eigenvalue weighted by Gasteiger charge is -2.33. The molecule has 3 rings (SSSR count). The SMILES string of the molecule is OC1(c2ccc(-c3ccccc3)c(F)c2)CCNCC1. The van der Waals surface area contributed by atoms with Crippen molar-refractivity contribution in [2.75, 3.05) is 13.1 Å². The average molecular weight is 271 g/mol. The number of benzene rings is 2. The molecule has 1 fully saturated rings. The molecular weight excluding hydrogens is 253 g/mol. The summed E-state index contributed by atoms with van der Waals surface area (Å²) in [6.07, 6.45) is 1.24. The van der Waals surface area contributed by atoms with Crippen LogP contribution < -0.4 is 5.32 Å². The molecule has 0 radical (unpaired) electrons. The molecule has 0 atom stereocenters. The Morgan fingerprint density at radius 1 is 1.00 bits per heavy atom. The van der Waals surface area contributed by atoms with Crippen LogP contribution in [0.3, 0.4) is 0 Å². The summed E-state index contributed by atoms with van der Waals surface area (Å²) in [6, 6.07) is 14.6. The Hall–Kier alpha value is -1.71. The van der Waals surface area contributed by atoms with Crippen molar-refractivity contribution in [1.29, 1.82) is 0 Å².